The molecule has 1 aromatic heterocycles. The van der Waals surface area contributed by atoms with Crippen molar-refractivity contribution in [2.75, 3.05) is 5.32 Å². The van der Waals surface area contributed by atoms with Crippen LogP contribution in [0.5, 0.6) is 0 Å². The summed E-state index contributed by atoms with van der Waals surface area (Å²) in [5.41, 5.74) is 0.507. The van der Waals surface area contributed by atoms with Crippen molar-refractivity contribution in [3.8, 4) is 0 Å². The van der Waals surface area contributed by atoms with E-state index in [1.807, 2.05) is 0 Å². The van der Waals surface area contributed by atoms with Gasteiger partial charge in [-0.25, -0.2) is 4.39 Å². The lowest BCUT2D eigenvalue weighted by atomic mass is 10.3. The fourth-order valence-corrected chi connectivity index (χ4v) is 1.31. The van der Waals surface area contributed by atoms with Gasteiger partial charge in [-0.2, -0.15) is 0 Å². The molecule has 0 bridgehead atoms. The molecule has 0 fully saturated rings. The molecule has 0 aliphatic rings. The van der Waals surface area contributed by atoms with Crippen molar-refractivity contribution >= 4 is 23.1 Å². The average molecular weight is 240 g/mol. The molecule has 2 N–H and O–H groups in total. The number of nitrogens with zero attached hydrogens (tertiary/aromatic N) is 1. The summed E-state index contributed by atoms with van der Waals surface area (Å²) in [5, 5.41) is 13.8. The second-order valence-corrected chi connectivity index (χ2v) is 3.41. The van der Waals surface area contributed by atoms with E-state index in [2.05, 4.69) is 10.5 Å². The topological polar surface area (TPSA) is 61.9 Å². The van der Waals surface area contributed by atoms with E-state index in [0.29, 0.717) is 11.4 Å². The van der Waals surface area contributed by atoms with E-state index in [1.165, 1.54) is 24.4 Å². The van der Waals surface area contributed by atoms with Gasteiger partial charge in [0.1, 0.15) is 5.82 Å². The second kappa shape index (κ2) is 4.32. The lowest BCUT2D eigenvalue weighted by Gasteiger charge is -2.05. The minimum Gasteiger partial charge on any atom is -0.353 e. The maximum absolute atomic E-state index is 12.9. The molecule has 1 heterocycles. The number of benzene rings is 1. The largest absolute Gasteiger partial charge is 0.353 e. The number of aromatic nitrogens is 1. The standard InChI is InChI=1S/C10H7ClFN3O/c11-7-5-6(1-2-8(7)12)15-10(13)9-3-4-14-16-9/h1-5H,(H2,13,15). The van der Waals surface area contributed by atoms with E-state index in [4.69, 9.17) is 21.5 Å². The van der Waals surface area contributed by atoms with Crippen LogP contribution in [0.3, 0.4) is 0 Å². The lowest BCUT2D eigenvalue weighted by Crippen LogP contribution is -2.10. The zero-order valence-corrected chi connectivity index (χ0v) is 8.75. The van der Waals surface area contributed by atoms with Crippen molar-refractivity contribution in [2.45, 2.75) is 0 Å². The Bertz CT molecular complexity index is 513. The second-order valence-electron chi connectivity index (χ2n) is 3.01. The van der Waals surface area contributed by atoms with Crippen LogP contribution < -0.4 is 5.32 Å². The van der Waals surface area contributed by atoms with Crippen LogP contribution in [-0.4, -0.2) is 11.0 Å². The van der Waals surface area contributed by atoms with Gasteiger partial charge in [0.15, 0.2) is 5.84 Å². The molecule has 82 valence electrons. The monoisotopic (exact) mass is 239 g/mol. The molecule has 2 rings (SSSR count). The van der Waals surface area contributed by atoms with Gasteiger partial charge in [0.05, 0.1) is 11.2 Å². The summed E-state index contributed by atoms with van der Waals surface area (Å²) in [4.78, 5) is 0. The Labute approximate surface area is 95.5 Å². The van der Waals surface area contributed by atoms with Crippen LogP contribution in [0.4, 0.5) is 10.1 Å². The molecule has 6 heteroatoms. The number of amidine groups is 1. The molecule has 0 unspecified atom stereocenters. The van der Waals surface area contributed by atoms with Gasteiger partial charge < -0.3 is 9.84 Å². The Morgan fingerprint density at radius 2 is 2.25 bits per heavy atom. The van der Waals surface area contributed by atoms with Gasteiger partial charge >= 0.3 is 0 Å². The first-order chi connectivity index (χ1) is 7.66. The molecule has 4 nitrogen and oxygen atoms in total. The van der Waals surface area contributed by atoms with E-state index >= 15 is 0 Å². The van der Waals surface area contributed by atoms with E-state index < -0.39 is 5.82 Å². The van der Waals surface area contributed by atoms with Crippen molar-refractivity contribution in [3.63, 3.8) is 0 Å². The molecule has 0 radical (unpaired) electrons. The number of halogens is 2. The van der Waals surface area contributed by atoms with Crippen LogP contribution in [0.2, 0.25) is 5.02 Å². The maximum Gasteiger partial charge on any atom is 0.201 e. The average Bonchev–Trinajstić information content (AvgIpc) is 2.77. The lowest BCUT2D eigenvalue weighted by molar-refractivity contribution is 0.413. The minimum atomic E-state index is -0.501. The van der Waals surface area contributed by atoms with E-state index in [9.17, 15) is 4.39 Å². The van der Waals surface area contributed by atoms with E-state index in [-0.39, 0.29) is 10.9 Å². The molecule has 0 atom stereocenters. The van der Waals surface area contributed by atoms with E-state index in [0.717, 1.165) is 0 Å². The third-order valence-electron chi connectivity index (χ3n) is 1.87. The highest BCUT2D eigenvalue weighted by molar-refractivity contribution is 6.31. The molecular formula is C10H7ClFN3O. The van der Waals surface area contributed by atoms with Gasteiger partial charge in [0.2, 0.25) is 5.76 Å². The predicted molar refractivity (Wildman–Crippen MR) is 58.4 cm³/mol. The maximum atomic E-state index is 12.9. The zero-order valence-electron chi connectivity index (χ0n) is 8.00. The Morgan fingerprint density at radius 1 is 1.44 bits per heavy atom. The fraction of sp³-hybridized carbons (Fsp3) is 0. The molecule has 0 spiro atoms. The summed E-state index contributed by atoms with van der Waals surface area (Å²) >= 11 is 5.60. The molecular weight excluding hydrogens is 233 g/mol. The molecule has 2 aromatic rings. The van der Waals surface area contributed by atoms with Crippen molar-refractivity contribution in [2.24, 2.45) is 0 Å². The highest BCUT2D eigenvalue weighted by Crippen LogP contribution is 2.19. The highest BCUT2D eigenvalue weighted by atomic mass is 35.5. The number of hydrogen-bond acceptors (Lipinski definition) is 3. The zero-order chi connectivity index (χ0) is 11.5. The van der Waals surface area contributed by atoms with Gasteiger partial charge in [-0.15, -0.1) is 0 Å². The van der Waals surface area contributed by atoms with Crippen LogP contribution >= 0.6 is 11.6 Å². The van der Waals surface area contributed by atoms with Gasteiger partial charge in [0, 0.05) is 11.8 Å². The third kappa shape index (κ3) is 2.20. The minimum absolute atomic E-state index is 0.00429. The third-order valence-corrected chi connectivity index (χ3v) is 2.16. The van der Waals surface area contributed by atoms with Crippen LogP contribution in [0.25, 0.3) is 0 Å². The first-order valence-electron chi connectivity index (χ1n) is 4.38. The number of anilines is 1. The smallest absolute Gasteiger partial charge is 0.201 e. The molecule has 0 amide bonds. The predicted octanol–water partition coefficient (Wildman–Crippen LogP) is 2.90. The number of hydrogen-bond donors (Lipinski definition) is 2. The fourth-order valence-electron chi connectivity index (χ4n) is 1.12. The molecule has 0 saturated carbocycles. The Hall–Kier alpha value is -1.88. The van der Waals surface area contributed by atoms with Gasteiger partial charge in [0.25, 0.3) is 0 Å². The molecule has 0 aliphatic heterocycles. The quantitative estimate of drug-likeness (QED) is 0.626. The molecule has 0 aliphatic carbocycles. The highest BCUT2D eigenvalue weighted by Gasteiger charge is 2.07. The van der Waals surface area contributed by atoms with Crippen LogP contribution in [0.1, 0.15) is 5.76 Å². The molecule has 16 heavy (non-hydrogen) atoms. The van der Waals surface area contributed by atoms with Gasteiger partial charge in [-0.1, -0.05) is 16.8 Å². The summed E-state index contributed by atoms with van der Waals surface area (Å²) in [5.74, 6) is -0.181. The van der Waals surface area contributed by atoms with Crippen molar-refractivity contribution < 1.29 is 8.91 Å². The first kappa shape index (κ1) is 10.6. The summed E-state index contributed by atoms with van der Waals surface area (Å²) in [6, 6.07) is 5.63. The SMILES string of the molecule is N=C(Nc1ccc(F)c(Cl)c1)c1ccno1. The van der Waals surface area contributed by atoms with Crippen molar-refractivity contribution in [3.05, 3.63) is 47.1 Å². The molecule has 1 aromatic carbocycles. The number of nitrogens with one attached hydrogen (secondary N) is 2. The van der Waals surface area contributed by atoms with Crippen LogP contribution in [-0.2, 0) is 0 Å². The number of rotatable bonds is 2. The summed E-state index contributed by atoms with van der Waals surface area (Å²) < 4.78 is 17.6. The summed E-state index contributed by atoms with van der Waals surface area (Å²) in [6.07, 6.45) is 1.43. The normalized spacial score (nSPS) is 10.1. The van der Waals surface area contributed by atoms with E-state index in [1.54, 1.807) is 6.07 Å². The van der Waals surface area contributed by atoms with Crippen LogP contribution in [0, 0.1) is 11.2 Å². The Morgan fingerprint density at radius 3 is 2.88 bits per heavy atom. The van der Waals surface area contributed by atoms with Crippen molar-refractivity contribution in [1.29, 1.82) is 5.41 Å². The van der Waals surface area contributed by atoms with Gasteiger partial charge in [-0.3, -0.25) is 5.41 Å². The van der Waals surface area contributed by atoms with Crippen molar-refractivity contribution in [1.82, 2.24) is 5.16 Å². The molecule has 0 saturated heterocycles. The Balaban J connectivity index is 2.15. The Kier molecular flexibility index (Phi) is 2.87. The summed E-state index contributed by atoms with van der Waals surface area (Å²) in [6.45, 7) is 0. The van der Waals surface area contributed by atoms with Crippen LogP contribution in [0.15, 0.2) is 35.0 Å². The first-order valence-corrected chi connectivity index (χ1v) is 4.76. The van der Waals surface area contributed by atoms with Gasteiger partial charge in [-0.05, 0) is 18.2 Å². The summed E-state index contributed by atoms with van der Waals surface area (Å²) in [7, 11) is 0.